The molecule has 6 heteroatoms. The van der Waals surface area contributed by atoms with E-state index in [1.165, 1.54) is 0 Å². The second kappa shape index (κ2) is 3.38. The molecule has 0 atom stereocenters. The lowest BCUT2D eigenvalue weighted by Crippen LogP contribution is -2.16. The van der Waals surface area contributed by atoms with Crippen molar-refractivity contribution in [3.63, 3.8) is 0 Å². The van der Waals surface area contributed by atoms with Crippen molar-refractivity contribution in [3.05, 3.63) is 11.3 Å². The Morgan fingerprint density at radius 3 is 2.73 bits per heavy atom. The summed E-state index contributed by atoms with van der Waals surface area (Å²) in [5, 5.41) is 17.7. The third-order valence-electron chi connectivity index (χ3n) is 2.35. The lowest BCUT2D eigenvalue weighted by Gasteiger charge is -2.00. The van der Waals surface area contributed by atoms with Crippen LogP contribution in [0, 0.1) is 12.8 Å². The molecule has 80 valence electrons. The molecule has 0 unspecified atom stereocenters. The van der Waals surface area contributed by atoms with Gasteiger partial charge in [-0.2, -0.15) is 5.10 Å². The summed E-state index contributed by atoms with van der Waals surface area (Å²) >= 11 is 0. The third kappa shape index (κ3) is 1.83. The molecule has 0 bridgehead atoms. The number of H-pyrrole nitrogens is 1. The Balaban J connectivity index is 2.20. The number of carboxylic acid groups (broad SMARTS) is 1. The molecule has 0 radical (unpaired) electrons. The Bertz CT molecular complexity index is 420. The number of carboxylic acids is 1. The van der Waals surface area contributed by atoms with Gasteiger partial charge in [0.05, 0.1) is 0 Å². The molecule has 6 nitrogen and oxygen atoms in total. The van der Waals surface area contributed by atoms with E-state index in [1.54, 1.807) is 6.92 Å². The molecule has 1 heterocycles. The van der Waals surface area contributed by atoms with E-state index in [1.807, 2.05) is 0 Å². The molecule has 1 aliphatic rings. The molecule has 0 aliphatic heterocycles. The number of carbonyl (C=O) groups is 2. The summed E-state index contributed by atoms with van der Waals surface area (Å²) < 4.78 is 0. The van der Waals surface area contributed by atoms with Crippen LogP contribution < -0.4 is 5.32 Å². The van der Waals surface area contributed by atoms with Crippen molar-refractivity contribution in [3.8, 4) is 0 Å². The molecule has 1 aromatic rings. The van der Waals surface area contributed by atoms with E-state index in [9.17, 15) is 9.59 Å². The first-order chi connectivity index (χ1) is 7.09. The number of aromatic amines is 1. The number of carbonyl (C=O) groups excluding carboxylic acids is 1. The van der Waals surface area contributed by atoms with Gasteiger partial charge < -0.3 is 10.4 Å². The van der Waals surface area contributed by atoms with Crippen LogP contribution in [-0.2, 0) is 4.79 Å². The Labute approximate surface area is 85.7 Å². The molecule has 1 aromatic heterocycles. The van der Waals surface area contributed by atoms with E-state index < -0.39 is 5.97 Å². The normalized spacial score (nSPS) is 15.0. The maximum atomic E-state index is 11.4. The van der Waals surface area contributed by atoms with Gasteiger partial charge in [0.2, 0.25) is 5.91 Å². The predicted molar refractivity (Wildman–Crippen MR) is 51.6 cm³/mol. The maximum absolute atomic E-state index is 11.4. The standard InChI is InChI=1S/C9H11N3O3/c1-4-6(9(14)15)7(12-11-4)10-8(13)5-2-3-5/h5H,2-3H2,1H3,(H,14,15)(H2,10,11,12,13). The van der Waals surface area contributed by atoms with E-state index in [-0.39, 0.29) is 23.2 Å². The van der Waals surface area contributed by atoms with Crippen molar-refractivity contribution in [1.82, 2.24) is 10.2 Å². The van der Waals surface area contributed by atoms with Gasteiger partial charge in [-0.25, -0.2) is 4.79 Å². The number of rotatable bonds is 3. The monoisotopic (exact) mass is 209 g/mol. The number of aromatic carboxylic acids is 1. The summed E-state index contributed by atoms with van der Waals surface area (Å²) in [6, 6.07) is 0. The first-order valence-corrected chi connectivity index (χ1v) is 4.68. The van der Waals surface area contributed by atoms with Crippen molar-refractivity contribution < 1.29 is 14.7 Å². The molecule has 3 N–H and O–H groups in total. The van der Waals surface area contributed by atoms with E-state index in [0.717, 1.165) is 12.8 Å². The van der Waals surface area contributed by atoms with Gasteiger partial charge in [0.1, 0.15) is 5.56 Å². The van der Waals surface area contributed by atoms with E-state index in [2.05, 4.69) is 15.5 Å². The highest BCUT2D eigenvalue weighted by Crippen LogP contribution is 2.30. The minimum Gasteiger partial charge on any atom is -0.477 e. The van der Waals surface area contributed by atoms with Crippen molar-refractivity contribution in [2.75, 3.05) is 5.32 Å². The Kier molecular flexibility index (Phi) is 2.18. The molecular weight excluding hydrogens is 198 g/mol. The molecular formula is C9H11N3O3. The van der Waals surface area contributed by atoms with Gasteiger partial charge in [0.25, 0.3) is 0 Å². The smallest absolute Gasteiger partial charge is 0.341 e. The predicted octanol–water partition coefficient (Wildman–Crippen LogP) is 0.765. The fourth-order valence-electron chi connectivity index (χ4n) is 1.35. The molecule has 0 spiro atoms. The number of nitrogens with zero attached hydrogens (tertiary/aromatic N) is 1. The second-order valence-corrected chi connectivity index (χ2v) is 3.64. The van der Waals surface area contributed by atoms with Crippen LogP contribution in [0.5, 0.6) is 0 Å². The Hall–Kier alpha value is -1.85. The molecule has 1 aliphatic carbocycles. The van der Waals surface area contributed by atoms with Crippen LogP contribution in [0.25, 0.3) is 0 Å². The zero-order valence-electron chi connectivity index (χ0n) is 8.20. The first kappa shape index (κ1) is 9.70. The quantitative estimate of drug-likeness (QED) is 0.685. The number of aryl methyl sites for hydroxylation is 1. The number of hydrogen-bond acceptors (Lipinski definition) is 3. The Morgan fingerprint density at radius 2 is 2.20 bits per heavy atom. The van der Waals surface area contributed by atoms with Gasteiger partial charge in [0.15, 0.2) is 5.82 Å². The van der Waals surface area contributed by atoms with E-state index in [0.29, 0.717) is 5.69 Å². The van der Waals surface area contributed by atoms with Gasteiger partial charge >= 0.3 is 5.97 Å². The molecule has 1 amide bonds. The summed E-state index contributed by atoms with van der Waals surface area (Å²) in [5.41, 5.74) is 0.470. The average molecular weight is 209 g/mol. The molecule has 0 saturated heterocycles. The number of hydrogen-bond donors (Lipinski definition) is 3. The van der Waals surface area contributed by atoms with Crippen LogP contribution in [-0.4, -0.2) is 27.2 Å². The van der Waals surface area contributed by atoms with Gasteiger partial charge in [-0.15, -0.1) is 0 Å². The van der Waals surface area contributed by atoms with Crippen LogP contribution in [0.3, 0.4) is 0 Å². The molecule has 0 aromatic carbocycles. The van der Waals surface area contributed by atoms with Gasteiger partial charge in [-0.1, -0.05) is 0 Å². The highest BCUT2D eigenvalue weighted by Gasteiger charge is 2.31. The van der Waals surface area contributed by atoms with Crippen LogP contribution in [0.15, 0.2) is 0 Å². The van der Waals surface area contributed by atoms with Crippen molar-refractivity contribution in [2.24, 2.45) is 5.92 Å². The highest BCUT2D eigenvalue weighted by molar-refractivity contribution is 6.01. The summed E-state index contributed by atoms with van der Waals surface area (Å²) in [6.45, 7) is 1.60. The summed E-state index contributed by atoms with van der Waals surface area (Å²) in [4.78, 5) is 22.3. The first-order valence-electron chi connectivity index (χ1n) is 4.68. The fourth-order valence-corrected chi connectivity index (χ4v) is 1.35. The lowest BCUT2D eigenvalue weighted by molar-refractivity contribution is -0.117. The van der Waals surface area contributed by atoms with Crippen molar-refractivity contribution in [1.29, 1.82) is 0 Å². The largest absolute Gasteiger partial charge is 0.477 e. The second-order valence-electron chi connectivity index (χ2n) is 3.64. The number of anilines is 1. The van der Waals surface area contributed by atoms with Gasteiger partial charge in [-0.3, -0.25) is 9.89 Å². The minimum absolute atomic E-state index is 0.0312. The zero-order valence-corrected chi connectivity index (χ0v) is 8.20. The van der Waals surface area contributed by atoms with Crippen LogP contribution >= 0.6 is 0 Å². The number of amides is 1. The van der Waals surface area contributed by atoms with E-state index >= 15 is 0 Å². The minimum atomic E-state index is -1.09. The molecule has 1 fully saturated rings. The maximum Gasteiger partial charge on any atom is 0.341 e. The van der Waals surface area contributed by atoms with Crippen molar-refractivity contribution in [2.45, 2.75) is 19.8 Å². The molecule has 2 rings (SSSR count). The molecule has 15 heavy (non-hydrogen) atoms. The van der Waals surface area contributed by atoms with Crippen molar-refractivity contribution >= 4 is 17.7 Å². The summed E-state index contributed by atoms with van der Waals surface area (Å²) in [7, 11) is 0. The lowest BCUT2D eigenvalue weighted by atomic mass is 10.2. The summed E-state index contributed by atoms with van der Waals surface area (Å²) in [6.07, 6.45) is 1.75. The number of aromatic nitrogens is 2. The van der Waals surface area contributed by atoms with Crippen LogP contribution in [0.4, 0.5) is 5.82 Å². The van der Waals surface area contributed by atoms with Crippen LogP contribution in [0.1, 0.15) is 28.9 Å². The molecule has 1 saturated carbocycles. The third-order valence-corrected chi connectivity index (χ3v) is 2.35. The van der Waals surface area contributed by atoms with Gasteiger partial charge in [-0.05, 0) is 19.8 Å². The van der Waals surface area contributed by atoms with Crippen LogP contribution in [0.2, 0.25) is 0 Å². The highest BCUT2D eigenvalue weighted by atomic mass is 16.4. The number of nitrogens with one attached hydrogen (secondary N) is 2. The topological polar surface area (TPSA) is 95.1 Å². The average Bonchev–Trinajstić information content (AvgIpc) is 2.92. The van der Waals surface area contributed by atoms with Gasteiger partial charge in [0, 0.05) is 11.6 Å². The Morgan fingerprint density at radius 1 is 1.53 bits per heavy atom. The summed E-state index contributed by atoms with van der Waals surface area (Å²) in [5.74, 6) is -1.10. The zero-order chi connectivity index (χ0) is 11.0. The fraction of sp³-hybridized carbons (Fsp3) is 0.444. The SMILES string of the molecule is Cc1[nH]nc(NC(=O)C2CC2)c1C(=O)O. The van der Waals surface area contributed by atoms with E-state index in [4.69, 9.17) is 5.11 Å².